The van der Waals surface area contributed by atoms with E-state index in [2.05, 4.69) is 15.3 Å². The standard InChI is InChI=1S/C14H17ClN4OS/c15-11-7-17-13(16)5-10(11)12-8-21-14(19-12)18-6-9-1-3-20-4-2-9/h5,7-9H,1-4,6H2,(H2,16,17)(H,18,19). The molecule has 0 radical (unpaired) electrons. The van der Waals surface area contributed by atoms with E-state index in [4.69, 9.17) is 22.1 Å². The first-order valence-electron chi connectivity index (χ1n) is 6.91. The molecule has 2 aromatic rings. The Morgan fingerprint density at radius 2 is 2.24 bits per heavy atom. The molecule has 0 bridgehead atoms. The monoisotopic (exact) mass is 324 g/mol. The van der Waals surface area contributed by atoms with Crippen LogP contribution in [0.3, 0.4) is 0 Å². The van der Waals surface area contributed by atoms with Crippen molar-refractivity contribution < 1.29 is 4.74 Å². The van der Waals surface area contributed by atoms with E-state index in [0.29, 0.717) is 16.8 Å². The fraction of sp³-hybridized carbons (Fsp3) is 0.429. The van der Waals surface area contributed by atoms with Gasteiger partial charge in [0, 0.05) is 36.9 Å². The van der Waals surface area contributed by atoms with Gasteiger partial charge < -0.3 is 15.8 Å². The molecule has 0 spiro atoms. The Bertz CT molecular complexity index is 613. The highest BCUT2D eigenvalue weighted by Gasteiger charge is 2.14. The molecule has 0 aromatic carbocycles. The fourth-order valence-corrected chi connectivity index (χ4v) is 3.23. The van der Waals surface area contributed by atoms with Crippen LogP contribution in [0.25, 0.3) is 11.3 Å². The van der Waals surface area contributed by atoms with Crippen molar-refractivity contribution in [2.75, 3.05) is 30.8 Å². The van der Waals surface area contributed by atoms with Gasteiger partial charge in [0.1, 0.15) is 5.82 Å². The van der Waals surface area contributed by atoms with E-state index >= 15 is 0 Å². The lowest BCUT2D eigenvalue weighted by atomic mass is 10.0. The zero-order valence-corrected chi connectivity index (χ0v) is 13.1. The van der Waals surface area contributed by atoms with E-state index in [9.17, 15) is 0 Å². The average molecular weight is 325 g/mol. The van der Waals surface area contributed by atoms with Crippen molar-refractivity contribution in [1.29, 1.82) is 0 Å². The van der Waals surface area contributed by atoms with Crippen LogP contribution in [0.4, 0.5) is 10.9 Å². The maximum atomic E-state index is 6.15. The first-order chi connectivity index (χ1) is 10.2. The van der Waals surface area contributed by atoms with Crippen molar-refractivity contribution in [1.82, 2.24) is 9.97 Å². The smallest absolute Gasteiger partial charge is 0.183 e. The van der Waals surface area contributed by atoms with E-state index in [1.165, 1.54) is 0 Å². The summed E-state index contributed by atoms with van der Waals surface area (Å²) in [5.41, 5.74) is 7.35. The summed E-state index contributed by atoms with van der Waals surface area (Å²) in [5.74, 6) is 1.10. The highest BCUT2D eigenvalue weighted by atomic mass is 35.5. The van der Waals surface area contributed by atoms with Crippen LogP contribution in [0.5, 0.6) is 0 Å². The lowest BCUT2D eigenvalue weighted by Gasteiger charge is -2.21. The highest BCUT2D eigenvalue weighted by Crippen LogP contribution is 2.31. The number of aromatic nitrogens is 2. The molecular weight excluding hydrogens is 308 g/mol. The van der Waals surface area contributed by atoms with Gasteiger partial charge in [0.2, 0.25) is 0 Å². The predicted octanol–water partition coefficient (Wildman–Crippen LogP) is 3.28. The molecule has 0 amide bonds. The molecule has 3 rings (SSSR count). The summed E-state index contributed by atoms with van der Waals surface area (Å²) in [4.78, 5) is 8.54. The van der Waals surface area contributed by atoms with Crippen LogP contribution in [0, 0.1) is 5.92 Å². The van der Waals surface area contributed by atoms with E-state index < -0.39 is 0 Å². The maximum Gasteiger partial charge on any atom is 0.183 e. The molecular formula is C14H17ClN4OS. The summed E-state index contributed by atoms with van der Waals surface area (Å²) in [5, 5.41) is 6.85. The fourth-order valence-electron chi connectivity index (χ4n) is 2.31. The molecule has 1 aliphatic heterocycles. The number of pyridine rings is 1. The molecule has 1 fully saturated rings. The number of nitrogens with zero attached hydrogens (tertiary/aromatic N) is 2. The minimum Gasteiger partial charge on any atom is -0.384 e. The van der Waals surface area contributed by atoms with Gasteiger partial charge in [-0.1, -0.05) is 11.6 Å². The minimum absolute atomic E-state index is 0.444. The second-order valence-electron chi connectivity index (χ2n) is 5.06. The van der Waals surface area contributed by atoms with Gasteiger partial charge >= 0.3 is 0 Å². The van der Waals surface area contributed by atoms with Gasteiger partial charge in [-0.15, -0.1) is 11.3 Å². The van der Waals surface area contributed by atoms with E-state index in [-0.39, 0.29) is 0 Å². The molecule has 1 saturated heterocycles. The van der Waals surface area contributed by atoms with Gasteiger partial charge in [-0.2, -0.15) is 0 Å². The Morgan fingerprint density at radius 1 is 1.43 bits per heavy atom. The predicted molar refractivity (Wildman–Crippen MR) is 86.8 cm³/mol. The van der Waals surface area contributed by atoms with Crippen molar-refractivity contribution in [3.8, 4) is 11.3 Å². The molecule has 3 N–H and O–H groups in total. The van der Waals surface area contributed by atoms with Gasteiger partial charge in [0.25, 0.3) is 0 Å². The van der Waals surface area contributed by atoms with Crippen LogP contribution in [-0.2, 0) is 4.74 Å². The molecule has 2 aromatic heterocycles. The average Bonchev–Trinajstić information content (AvgIpc) is 2.97. The first kappa shape index (κ1) is 14.6. The number of nitrogens with two attached hydrogens (primary N) is 1. The van der Waals surface area contributed by atoms with Crippen molar-refractivity contribution in [3.63, 3.8) is 0 Å². The second kappa shape index (κ2) is 6.60. The molecule has 0 saturated carbocycles. The first-order valence-corrected chi connectivity index (χ1v) is 8.16. The number of halogens is 1. The zero-order chi connectivity index (χ0) is 14.7. The van der Waals surface area contributed by atoms with Crippen molar-refractivity contribution in [2.24, 2.45) is 5.92 Å². The largest absolute Gasteiger partial charge is 0.384 e. The lowest BCUT2D eigenvalue weighted by molar-refractivity contribution is 0.0699. The molecule has 1 aliphatic rings. The summed E-state index contributed by atoms with van der Waals surface area (Å²) in [6, 6.07) is 1.75. The lowest BCUT2D eigenvalue weighted by Crippen LogP contribution is -2.22. The molecule has 0 unspecified atom stereocenters. The molecule has 5 nitrogen and oxygen atoms in total. The third-order valence-electron chi connectivity index (χ3n) is 3.54. The Labute approximate surface area is 132 Å². The summed E-state index contributed by atoms with van der Waals surface area (Å²) in [6.07, 6.45) is 3.77. The van der Waals surface area contributed by atoms with Gasteiger partial charge in [0.05, 0.1) is 10.7 Å². The van der Waals surface area contributed by atoms with Crippen molar-refractivity contribution in [2.45, 2.75) is 12.8 Å². The molecule has 21 heavy (non-hydrogen) atoms. The molecule has 7 heteroatoms. The van der Waals surface area contributed by atoms with Crippen molar-refractivity contribution in [3.05, 3.63) is 22.7 Å². The third-order valence-corrected chi connectivity index (χ3v) is 4.64. The molecule has 3 heterocycles. The number of hydrogen-bond acceptors (Lipinski definition) is 6. The van der Waals surface area contributed by atoms with Crippen molar-refractivity contribution >= 4 is 33.9 Å². The Morgan fingerprint density at radius 3 is 3.05 bits per heavy atom. The Balaban J connectivity index is 1.66. The molecule has 112 valence electrons. The van der Waals surface area contributed by atoms with E-state index in [1.54, 1.807) is 23.6 Å². The number of nitrogens with one attached hydrogen (secondary N) is 1. The number of anilines is 2. The number of thiazole rings is 1. The number of hydrogen-bond donors (Lipinski definition) is 2. The Kier molecular flexibility index (Phi) is 4.57. The molecule has 0 aliphatic carbocycles. The number of nitrogen functional groups attached to an aromatic ring is 1. The topological polar surface area (TPSA) is 73.1 Å². The zero-order valence-electron chi connectivity index (χ0n) is 11.5. The number of rotatable bonds is 4. The highest BCUT2D eigenvalue weighted by molar-refractivity contribution is 7.14. The number of ether oxygens (including phenoxy) is 1. The summed E-state index contributed by atoms with van der Waals surface area (Å²) < 4.78 is 5.36. The second-order valence-corrected chi connectivity index (χ2v) is 6.33. The normalized spacial score (nSPS) is 16.0. The van der Waals surface area contributed by atoms with Gasteiger partial charge in [-0.05, 0) is 24.8 Å². The summed E-state index contributed by atoms with van der Waals surface area (Å²) >= 11 is 7.73. The summed E-state index contributed by atoms with van der Waals surface area (Å²) in [6.45, 7) is 2.66. The van der Waals surface area contributed by atoms with Gasteiger partial charge in [-0.3, -0.25) is 0 Å². The van der Waals surface area contributed by atoms with Crippen LogP contribution < -0.4 is 11.1 Å². The van der Waals surface area contributed by atoms with Crippen LogP contribution >= 0.6 is 22.9 Å². The van der Waals surface area contributed by atoms with Crippen LogP contribution in [0.15, 0.2) is 17.6 Å². The SMILES string of the molecule is Nc1cc(-c2csc(NCC3CCOCC3)n2)c(Cl)cn1. The van der Waals surface area contributed by atoms with Crippen LogP contribution in [-0.4, -0.2) is 29.7 Å². The third kappa shape index (κ3) is 3.64. The maximum absolute atomic E-state index is 6.15. The Hall–Kier alpha value is -1.37. The minimum atomic E-state index is 0.444. The quantitative estimate of drug-likeness (QED) is 0.903. The van der Waals surface area contributed by atoms with E-state index in [0.717, 1.165) is 49.0 Å². The van der Waals surface area contributed by atoms with Gasteiger partial charge in [-0.25, -0.2) is 9.97 Å². The van der Waals surface area contributed by atoms with Crippen LogP contribution in [0.1, 0.15) is 12.8 Å². The summed E-state index contributed by atoms with van der Waals surface area (Å²) in [7, 11) is 0. The van der Waals surface area contributed by atoms with E-state index in [1.807, 2.05) is 5.38 Å². The van der Waals surface area contributed by atoms with Gasteiger partial charge in [0.15, 0.2) is 5.13 Å². The molecule has 0 atom stereocenters. The van der Waals surface area contributed by atoms with Crippen LogP contribution in [0.2, 0.25) is 5.02 Å².